The molecule has 1 aromatic carbocycles. The summed E-state index contributed by atoms with van der Waals surface area (Å²) in [4.78, 5) is 0. The van der Waals surface area contributed by atoms with Gasteiger partial charge in [-0.3, -0.25) is 0 Å². The van der Waals surface area contributed by atoms with Gasteiger partial charge in [0.25, 0.3) is 0 Å². The van der Waals surface area contributed by atoms with Gasteiger partial charge in [-0.1, -0.05) is 19.9 Å². The van der Waals surface area contributed by atoms with E-state index in [2.05, 4.69) is 0 Å². The maximum absolute atomic E-state index is 12.7. The van der Waals surface area contributed by atoms with Crippen molar-refractivity contribution in [3.05, 3.63) is 29.6 Å². The summed E-state index contributed by atoms with van der Waals surface area (Å²) >= 11 is 0. The van der Waals surface area contributed by atoms with Crippen LogP contribution in [0, 0.1) is 11.7 Å². The zero-order valence-corrected chi connectivity index (χ0v) is 7.92. The third-order valence-corrected chi connectivity index (χ3v) is 2.13. The van der Waals surface area contributed by atoms with Crippen LogP contribution in [0.4, 0.5) is 10.1 Å². The fraction of sp³-hybridized carbons (Fsp3) is 0.400. The first-order chi connectivity index (χ1) is 6.02. The third-order valence-electron chi connectivity index (χ3n) is 2.13. The Bertz CT molecular complexity index is 297. The molecule has 0 radical (unpaired) electrons. The topological polar surface area (TPSA) is 52.0 Å². The van der Waals surface area contributed by atoms with Gasteiger partial charge in [0.15, 0.2) is 0 Å². The highest BCUT2D eigenvalue weighted by Gasteiger charge is 2.13. The number of nitrogens with two attached hydrogens (primary N) is 2. The molecular formula is C10H15FN2. The fourth-order valence-electron chi connectivity index (χ4n) is 1.21. The van der Waals surface area contributed by atoms with Crippen molar-refractivity contribution in [2.45, 2.75) is 19.9 Å². The molecule has 4 N–H and O–H groups in total. The monoisotopic (exact) mass is 182 g/mol. The van der Waals surface area contributed by atoms with E-state index < -0.39 is 0 Å². The van der Waals surface area contributed by atoms with Gasteiger partial charge in [0.1, 0.15) is 5.82 Å². The number of nitrogen functional groups attached to an aromatic ring is 1. The maximum Gasteiger partial charge on any atom is 0.125 e. The Morgan fingerprint density at radius 2 is 1.92 bits per heavy atom. The summed E-state index contributed by atoms with van der Waals surface area (Å²) in [6.07, 6.45) is 0. The summed E-state index contributed by atoms with van der Waals surface area (Å²) < 4.78 is 12.7. The van der Waals surface area contributed by atoms with Crippen LogP contribution in [0.5, 0.6) is 0 Å². The highest BCUT2D eigenvalue weighted by molar-refractivity contribution is 5.48. The second-order valence-corrected chi connectivity index (χ2v) is 3.54. The lowest BCUT2D eigenvalue weighted by molar-refractivity contribution is 0.514. The third kappa shape index (κ3) is 2.18. The van der Waals surface area contributed by atoms with Crippen LogP contribution >= 0.6 is 0 Å². The van der Waals surface area contributed by atoms with Crippen molar-refractivity contribution >= 4 is 5.69 Å². The minimum absolute atomic E-state index is 0.124. The minimum Gasteiger partial charge on any atom is -0.398 e. The van der Waals surface area contributed by atoms with E-state index in [-0.39, 0.29) is 11.9 Å². The predicted octanol–water partition coefficient (Wildman–Crippen LogP) is 2.06. The quantitative estimate of drug-likeness (QED) is 0.688. The number of hydrogen-bond donors (Lipinski definition) is 2. The summed E-state index contributed by atoms with van der Waals surface area (Å²) in [5.74, 6) is -0.0232. The average Bonchev–Trinajstić information content (AvgIpc) is 2.03. The standard InChI is InChI=1S/C10H15FN2/c1-6(2)10(13)8-4-3-7(11)5-9(8)12/h3-6,10H,12-13H2,1-2H3/t10-/m0/s1. The highest BCUT2D eigenvalue weighted by Crippen LogP contribution is 2.24. The van der Waals surface area contributed by atoms with E-state index in [1.165, 1.54) is 12.1 Å². The summed E-state index contributed by atoms with van der Waals surface area (Å²) in [6, 6.07) is 4.21. The Labute approximate surface area is 77.7 Å². The largest absolute Gasteiger partial charge is 0.398 e. The van der Waals surface area contributed by atoms with E-state index in [1.54, 1.807) is 6.07 Å². The van der Waals surface area contributed by atoms with Crippen LogP contribution in [0.25, 0.3) is 0 Å². The highest BCUT2D eigenvalue weighted by atomic mass is 19.1. The normalized spacial score (nSPS) is 13.3. The molecule has 0 aliphatic carbocycles. The van der Waals surface area contributed by atoms with Gasteiger partial charge < -0.3 is 11.5 Å². The molecule has 0 amide bonds. The van der Waals surface area contributed by atoms with Crippen LogP contribution in [-0.2, 0) is 0 Å². The lowest BCUT2D eigenvalue weighted by atomic mass is 9.96. The van der Waals surface area contributed by atoms with Crippen molar-refractivity contribution in [1.82, 2.24) is 0 Å². The van der Waals surface area contributed by atoms with Crippen LogP contribution in [0.15, 0.2) is 18.2 Å². The molecule has 0 aliphatic heterocycles. The molecule has 0 aromatic heterocycles. The van der Waals surface area contributed by atoms with Gasteiger partial charge in [0, 0.05) is 11.7 Å². The molecule has 0 bridgehead atoms. The van der Waals surface area contributed by atoms with Crippen LogP contribution in [0.1, 0.15) is 25.5 Å². The van der Waals surface area contributed by atoms with Crippen molar-refractivity contribution in [2.75, 3.05) is 5.73 Å². The van der Waals surface area contributed by atoms with Gasteiger partial charge in [0.05, 0.1) is 0 Å². The average molecular weight is 182 g/mol. The van der Waals surface area contributed by atoms with Gasteiger partial charge in [-0.2, -0.15) is 0 Å². The Balaban J connectivity index is 3.01. The van der Waals surface area contributed by atoms with Crippen LogP contribution in [0.2, 0.25) is 0 Å². The molecule has 3 heteroatoms. The number of benzene rings is 1. The molecule has 1 atom stereocenters. The Morgan fingerprint density at radius 1 is 1.31 bits per heavy atom. The van der Waals surface area contributed by atoms with Gasteiger partial charge in [0.2, 0.25) is 0 Å². The van der Waals surface area contributed by atoms with E-state index in [0.29, 0.717) is 11.6 Å². The summed E-state index contributed by atoms with van der Waals surface area (Å²) in [5, 5.41) is 0. The second-order valence-electron chi connectivity index (χ2n) is 3.54. The number of hydrogen-bond acceptors (Lipinski definition) is 2. The molecule has 0 fully saturated rings. The minimum atomic E-state index is -0.322. The first-order valence-electron chi connectivity index (χ1n) is 4.33. The molecule has 72 valence electrons. The van der Waals surface area contributed by atoms with Gasteiger partial charge >= 0.3 is 0 Å². The smallest absolute Gasteiger partial charge is 0.125 e. The fourth-order valence-corrected chi connectivity index (χ4v) is 1.21. The summed E-state index contributed by atoms with van der Waals surface area (Å²) in [5.41, 5.74) is 12.8. The van der Waals surface area contributed by atoms with E-state index in [9.17, 15) is 4.39 Å². The Morgan fingerprint density at radius 3 is 2.38 bits per heavy atom. The van der Waals surface area contributed by atoms with Crippen LogP contribution in [-0.4, -0.2) is 0 Å². The van der Waals surface area contributed by atoms with E-state index in [0.717, 1.165) is 5.56 Å². The first kappa shape index (κ1) is 9.99. The van der Waals surface area contributed by atoms with Gasteiger partial charge in [-0.05, 0) is 23.6 Å². The molecule has 0 aliphatic rings. The van der Waals surface area contributed by atoms with E-state index in [1.807, 2.05) is 13.8 Å². The molecule has 0 unspecified atom stereocenters. The SMILES string of the molecule is CC(C)[C@H](N)c1ccc(F)cc1N. The van der Waals surface area contributed by atoms with Crippen molar-refractivity contribution in [2.24, 2.45) is 11.7 Å². The van der Waals surface area contributed by atoms with Gasteiger partial charge in [-0.25, -0.2) is 4.39 Å². The zero-order chi connectivity index (χ0) is 10.0. The lowest BCUT2D eigenvalue weighted by Crippen LogP contribution is -2.18. The molecule has 1 rings (SSSR count). The zero-order valence-electron chi connectivity index (χ0n) is 7.92. The molecule has 0 heterocycles. The molecular weight excluding hydrogens is 167 g/mol. The van der Waals surface area contributed by atoms with Crippen molar-refractivity contribution in [3.63, 3.8) is 0 Å². The van der Waals surface area contributed by atoms with E-state index in [4.69, 9.17) is 11.5 Å². The van der Waals surface area contributed by atoms with Crippen LogP contribution in [0.3, 0.4) is 0 Å². The first-order valence-corrected chi connectivity index (χ1v) is 4.33. The predicted molar refractivity (Wildman–Crippen MR) is 52.6 cm³/mol. The molecule has 0 saturated carbocycles. The molecule has 2 nitrogen and oxygen atoms in total. The van der Waals surface area contributed by atoms with Crippen LogP contribution < -0.4 is 11.5 Å². The van der Waals surface area contributed by atoms with Gasteiger partial charge in [-0.15, -0.1) is 0 Å². The van der Waals surface area contributed by atoms with Crippen molar-refractivity contribution in [1.29, 1.82) is 0 Å². The molecule has 0 spiro atoms. The number of rotatable bonds is 2. The number of halogens is 1. The van der Waals surface area contributed by atoms with Crippen molar-refractivity contribution in [3.8, 4) is 0 Å². The molecule has 13 heavy (non-hydrogen) atoms. The maximum atomic E-state index is 12.7. The number of anilines is 1. The summed E-state index contributed by atoms with van der Waals surface area (Å²) in [7, 11) is 0. The second kappa shape index (κ2) is 3.75. The molecule has 0 saturated heterocycles. The summed E-state index contributed by atoms with van der Waals surface area (Å²) in [6.45, 7) is 4.01. The van der Waals surface area contributed by atoms with E-state index >= 15 is 0 Å². The Kier molecular flexibility index (Phi) is 2.88. The lowest BCUT2D eigenvalue weighted by Gasteiger charge is -2.17. The Hall–Kier alpha value is -1.09. The molecule has 1 aromatic rings. The van der Waals surface area contributed by atoms with Crippen molar-refractivity contribution < 1.29 is 4.39 Å².